The van der Waals surface area contributed by atoms with Crippen LogP contribution in [0.5, 0.6) is 0 Å². The molecule has 4 nitrogen and oxygen atoms in total. The van der Waals surface area contributed by atoms with Crippen LogP contribution in [0.25, 0.3) is 10.4 Å². The maximum absolute atomic E-state index is 12.0. The number of aryl methyl sites for hydroxylation is 2. The van der Waals surface area contributed by atoms with Crippen molar-refractivity contribution in [3.05, 3.63) is 28.4 Å². The molecule has 0 bridgehead atoms. The molecular formula is C14H17N3OS. The standard InChI is InChI=1S/C14H17N3OS/c1-8-13(9(2)17(3)16-8)11-6-7-12(19-11)14(18)15-10-4-5-10/h6-7,10H,4-5H2,1-3H3,(H,15,18). The Hall–Kier alpha value is -1.62. The van der Waals surface area contributed by atoms with Crippen molar-refractivity contribution in [2.24, 2.45) is 7.05 Å². The van der Waals surface area contributed by atoms with Gasteiger partial charge in [-0.2, -0.15) is 5.10 Å². The number of thiophene rings is 1. The Morgan fingerprint density at radius 1 is 1.42 bits per heavy atom. The molecule has 1 saturated carbocycles. The summed E-state index contributed by atoms with van der Waals surface area (Å²) < 4.78 is 1.88. The van der Waals surface area contributed by atoms with Crippen LogP contribution in [-0.2, 0) is 7.05 Å². The van der Waals surface area contributed by atoms with Gasteiger partial charge in [0, 0.05) is 29.2 Å². The van der Waals surface area contributed by atoms with E-state index in [-0.39, 0.29) is 5.91 Å². The number of nitrogens with zero attached hydrogens (tertiary/aromatic N) is 2. The van der Waals surface area contributed by atoms with Crippen LogP contribution in [0.3, 0.4) is 0 Å². The molecular weight excluding hydrogens is 258 g/mol. The fourth-order valence-electron chi connectivity index (χ4n) is 2.21. The van der Waals surface area contributed by atoms with E-state index < -0.39 is 0 Å². The van der Waals surface area contributed by atoms with Crippen LogP contribution in [0.15, 0.2) is 12.1 Å². The van der Waals surface area contributed by atoms with Crippen molar-refractivity contribution in [2.45, 2.75) is 32.7 Å². The second kappa shape index (κ2) is 4.49. The van der Waals surface area contributed by atoms with Gasteiger partial charge in [-0.25, -0.2) is 0 Å². The van der Waals surface area contributed by atoms with Crippen LogP contribution >= 0.6 is 11.3 Å². The van der Waals surface area contributed by atoms with E-state index in [1.54, 1.807) is 11.3 Å². The number of amides is 1. The summed E-state index contributed by atoms with van der Waals surface area (Å²) in [4.78, 5) is 13.9. The Bertz CT molecular complexity index is 637. The van der Waals surface area contributed by atoms with Crippen molar-refractivity contribution in [3.63, 3.8) is 0 Å². The number of hydrogen-bond acceptors (Lipinski definition) is 3. The van der Waals surface area contributed by atoms with Crippen LogP contribution in [0.4, 0.5) is 0 Å². The monoisotopic (exact) mass is 275 g/mol. The first-order valence-corrected chi connectivity index (χ1v) is 7.29. The fraction of sp³-hybridized carbons (Fsp3) is 0.429. The smallest absolute Gasteiger partial charge is 0.261 e. The minimum absolute atomic E-state index is 0.0537. The number of hydrogen-bond donors (Lipinski definition) is 1. The molecule has 2 aromatic rings. The second-order valence-electron chi connectivity index (χ2n) is 5.08. The van der Waals surface area contributed by atoms with Gasteiger partial charge in [-0.3, -0.25) is 9.48 Å². The summed E-state index contributed by atoms with van der Waals surface area (Å²) in [7, 11) is 1.94. The zero-order valence-electron chi connectivity index (χ0n) is 11.4. The first-order valence-electron chi connectivity index (χ1n) is 6.47. The molecule has 1 aliphatic carbocycles. The van der Waals surface area contributed by atoms with Crippen LogP contribution < -0.4 is 5.32 Å². The molecule has 2 heterocycles. The Kier molecular flexibility index (Phi) is 2.93. The Morgan fingerprint density at radius 2 is 2.16 bits per heavy atom. The van der Waals surface area contributed by atoms with Crippen molar-refractivity contribution >= 4 is 17.2 Å². The van der Waals surface area contributed by atoms with Gasteiger partial charge in [-0.05, 0) is 38.8 Å². The Labute approximate surface area is 116 Å². The lowest BCUT2D eigenvalue weighted by Crippen LogP contribution is -2.24. The number of aromatic nitrogens is 2. The van der Waals surface area contributed by atoms with E-state index in [0.29, 0.717) is 6.04 Å². The van der Waals surface area contributed by atoms with Gasteiger partial charge < -0.3 is 5.32 Å². The van der Waals surface area contributed by atoms with E-state index in [1.807, 2.05) is 30.8 Å². The number of rotatable bonds is 3. The lowest BCUT2D eigenvalue weighted by Gasteiger charge is -2.00. The first kappa shape index (κ1) is 12.4. The lowest BCUT2D eigenvalue weighted by atomic mass is 10.1. The average molecular weight is 275 g/mol. The molecule has 0 aromatic carbocycles. The minimum Gasteiger partial charge on any atom is -0.349 e. The molecule has 1 fully saturated rings. The molecule has 0 atom stereocenters. The molecule has 1 N–H and O–H groups in total. The molecule has 1 aliphatic rings. The van der Waals surface area contributed by atoms with Gasteiger partial charge >= 0.3 is 0 Å². The molecule has 0 unspecified atom stereocenters. The Balaban J connectivity index is 1.89. The van der Waals surface area contributed by atoms with Crippen molar-refractivity contribution in [3.8, 4) is 10.4 Å². The molecule has 0 aliphatic heterocycles. The first-order chi connectivity index (χ1) is 9.06. The quantitative estimate of drug-likeness (QED) is 0.936. The third-order valence-corrected chi connectivity index (χ3v) is 4.60. The van der Waals surface area contributed by atoms with E-state index in [0.717, 1.165) is 39.5 Å². The number of nitrogens with one attached hydrogen (secondary N) is 1. The molecule has 2 aromatic heterocycles. The average Bonchev–Trinajstić information content (AvgIpc) is 2.96. The van der Waals surface area contributed by atoms with Crippen molar-refractivity contribution < 1.29 is 4.79 Å². The maximum atomic E-state index is 12.0. The van der Waals surface area contributed by atoms with Crippen molar-refractivity contribution in [1.29, 1.82) is 0 Å². The summed E-state index contributed by atoms with van der Waals surface area (Å²) in [6.07, 6.45) is 2.23. The molecule has 19 heavy (non-hydrogen) atoms. The van der Waals surface area contributed by atoms with Gasteiger partial charge in [0.1, 0.15) is 0 Å². The van der Waals surface area contributed by atoms with Gasteiger partial charge in [0.25, 0.3) is 5.91 Å². The third-order valence-electron chi connectivity index (χ3n) is 3.50. The summed E-state index contributed by atoms with van der Waals surface area (Å²) >= 11 is 1.54. The van der Waals surface area contributed by atoms with Crippen LogP contribution in [0.2, 0.25) is 0 Å². The third kappa shape index (κ3) is 2.30. The van der Waals surface area contributed by atoms with Crippen molar-refractivity contribution in [1.82, 2.24) is 15.1 Å². The number of carbonyl (C=O) groups excluding carboxylic acids is 1. The topological polar surface area (TPSA) is 46.9 Å². The minimum atomic E-state index is 0.0537. The summed E-state index contributed by atoms with van der Waals surface area (Å²) in [5.74, 6) is 0.0537. The molecule has 0 radical (unpaired) electrons. The van der Waals surface area contributed by atoms with Gasteiger partial charge in [0.2, 0.25) is 0 Å². The molecule has 3 rings (SSSR count). The van der Waals surface area contributed by atoms with Crippen molar-refractivity contribution in [2.75, 3.05) is 0 Å². The normalized spacial score (nSPS) is 14.7. The van der Waals surface area contributed by atoms with Crippen LogP contribution in [0, 0.1) is 13.8 Å². The predicted molar refractivity (Wildman–Crippen MR) is 76.5 cm³/mol. The lowest BCUT2D eigenvalue weighted by molar-refractivity contribution is 0.0955. The van der Waals surface area contributed by atoms with Crippen LogP contribution in [0.1, 0.15) is 33.9 Å². The van der Waals surface area contributed by atoms with Crippen LogP contribution in [-0.4, -0.2) is 21.7 Å². The summed E-state index contributed by atoms with van der Waals surface area (Å²) in [6, 6.07) is 4.33. The molecule has 1 amide bonds. The van der Waals surface area contributed by atoms with E-state index in [9.17, 15) is 4.79 Å². The largest absolute Gasteiger partial charge is 0.349 e. The zero-order chi connectivity index (χ0) is 13.6. The van der Waals surface area contributed by atoms with Gasteiger partial charge in [0.05, 0.1) is 10.6 Å². The van der Waals surface area contributed by atoms with Gasteiger partial charge in [-0.1, -0.05) is 0 Å². The van der Waals surface area contributed by atoms with Gasteiger partial charge in [0.15, 0.2) is 0 Å². The second-order valence-corrected chi connectivity index (χ2v) is 6.16. The SMILES string of the molecule is Cc1nn(C)c(C)c1-c1ccc(C(=O)NC2CC2)s1. The molecule has 100 valence electrons. The summed E-state index contributed by atoms with van der Waals surface area (Å²) in [5.41, 5.74) is 3.29. The van der Waals surface area contributed by atoms with E-state index in [4.69, 9.17) is 0 Å². The highest BCUT2D eigenvalue weighted by Crippen LogP contribution is 2.33. The van der Waals surface area contributed by atoms with E-state index in [1.165, 1.54) is 0 Å². The highest BCUT2D eigenvalue weighted by molar-refractivity contribution is 7.17. The Morgan fingerprint density at radius 3 is 2.74 bits per heavy atom. The predicted octanol–water partition coefficient (Wildman–Crippen LogP) is 2.66. The number of carbonyl (C=O) groups is 1. The highest BCUT2D eigenvalue weighted by Gasteiger charge is 2.24. The molecule has 5 heteroatoms. The van der Waals surface area contributed by atoms with Gasteiger partial charge in [-0.15, -0.1) is 11.3 Å². The van der Waals surface area contributed by atoms with E-state index in [2.05, 4.69) is 17.3 Å². The summed E-state index contributed by atoms with van der Waals surface area (Å²) in [6.45, 7) is 4.06. The van der Waals surface area contributed by atoms with E-state index >= 15 is 0 Å². The highest BCUT2D eigenvalue weighted by atomic mass is 32.1. The zero-order valence-corrected chi connectivity index (χ0v) is 12.2. The molecule has 0 spiro atoms. The summed E-state index contributed by atoms with van der Waals surface area (Å²) in [5, 5.41) is 7.44. The maximum Gasteiger partial charge on any atom is 0.261 e. The molecule has 0 saturated heterocycles. The fourth-order valence-corrected chi connectivity index (χ4v) is 3.27.